The Morgan fingerprint density at radius 3 is 2.68 bits per heavy atom. The number of nitrogens with one attached hydrogen (secondary N) is 1. The van der Waals surface area contributed by atoms with Crippen LogP contribution in [-0.4, -0.2) is 0 Å². The summed E-state index contributed by atoms with van der Waals surface area (Å²) in [7, 11) is 0. The number of rotatable bonds is 1. The van der Waals surface area contributed by atoms with Crippen LogP contribution in [0.2, 0.25) is 5.02 Å². The van der Waals surface area contributed by atoms with Crippen molar-refractivity contribution < 1.29 is 0 Å². The van der Waals surface area contributed by atoms with Gasteiger partial charge in [0.1, 0.15) is 0 Å². The zero-order valence-corrected chi connectivity index (χ0v) is 13.7. The summed E-state index contributed by atoms with van der Waals surface area (Å²) in [5.41, 5.74) is 6.65. The first-order chi connectivity index (χ1) is 10.7. The molecule has 22 heavy (non-hydrogen) atoms. The second-order valence-corrected chi connectivity index (χ2v) is 6.88. The van der Waals surface area contributed by atoms with Crippen LogP contribution in [0, 0.1) is 19.8 Å². The topological polar surface area (TPSA) is 12.0 Å². The smallest absolute Gasteiger partial charge is 0.0568 e. The molecule has 1 nitrogen and oxygen atoms in total. The summed E-state index contributed by atoms with van der Waals surface area (Å²) in [4.78, 5) is 0. The van der Waals surface area contributed by atoms with Crippen LogP contribution in [0.25, 0.3) is 0 Å². The van der Waals surface area contributed by atoms with Gasteiger partial charge in [0.2, 0.25) is 0 Å². The van der Waals surface area contributed by atoms with Crippen molar-refractivity contribution in [2.75, 3.05) is 5.32 Å². The highest BCUT2D eigenvalue weighted by atomic mass is 35.5. The molecule has 4 rings (SSSR count). The van der Waals surface area contributed by atoms with E-state index in [1.165, 1.54) is 27.9 Å². The Labute approximate surface area is 137 Å². The van der Waals surface area contributed by atoms with E-state index < -0.39 is 0 Å². The molecule has 2 heteroatoms. The lowest BCUT2D eigenvalue weighted by Gasteiger charge is -2.39. The fraction of sp³-hybridized carbons (Fsp3) is 0.300. The molecule has 1 heterocycles. The van der Waals surface area contributed by atoms with Gasteiger partial charge in [-0.15, -0.1) is 0 Å². The Balaban J connectivity index is 1.87. The monoisotopic (exact) mass is 309 g/mol. The van der Waals surface area contributed by atoms with Crippen LogP contribution >= 0.6 is 11.6 Å². The number of hydrogen-bond acceptors (Lipinski definition) is 1. The van der Waals surface area contributed by atoms with E-state index in [0.29, 0.717) is 11.8 Å². The Morgan fingerprint density at radius 1 is 1.05 bits per heavy atom. The van der Waals surface area contributed by atoms with Gasteiger partial charge in [0.25, 0.3) is 0 Å². The highest BCUT2D eigenvalue weighted by Crippen LogP contribution is 2.51. The van der Waals surface area contributed by atoms with Gasteiger partial charge >= 0.3 is 0 Å². The molecule has 112 valence electrons. The van der Waals surface area contributed by atoms with E-state index in [1.807, 2.05) is 12.1 Å². The van der Waals surface area contributed by atoms with E-state index in [1.54, 1.807) is 0 Å². The van der Waals surface area contributed by atoms with Gasteiger partial charge in [-0.2, -0.15) is 0 Å². The van der Waals surface area contributed by atoms with Gasteiger partial charge in [-0.05, 0) is 54.5 Å². The molecule has 2 aromatic rings. The predicted molar refractivity (Wildman–Crippen MR) is 93.7 cm³/mol. The molecule has 0 saturated carbocycles. The highest BCUT2D eigenvalue weighted by molar-refractivity contribution is 6.31. The predicted octanol–water partition coefficient (Wildman–Crippen LogP) is 5.78. The average Bonchev–Trinajstić information content (AvgIpc) is 3.00. The molecular formula is C20H20ClN. The third kappa shape index (κ3) is 1.99. The maximum atomic E-state index is 6.49. The first-order valence-electron chi connectivity index (χ1n) is 7.94. The normalized spacial score (nSPS) is 25.5. The maximum absolute atomic E-state index is 6.49. The first kappa shape index (κ1) is 13.9. The zero-order valence-electron chi connectivity index (χ0n) is 12.9. The average molecular weight is 310 g/mol. The Morgan fingerprint density at radius 2 is 1.86 bits per heavy atom. The van der Waals surface area contributed by atoms with Gasteiger partial charge in [0, 0.05) is 16.6 Å². The molecule has 0 saturated heterocycles. The molecule has 0 aromatic heterocycles. The standard InChI is InChI=1S/C20H20ClN/c1-12-10-11-16-14-7-5-8-15(14)20(22-19(16)13(12)2)17-6-3-4-9-18(17)21/h3-7,9-11,14-15,20,22H,8H2,1-2H3. The van der Waals surface area contributed by atoms with E-state index >= 15 is 0 Å². The van der Waals surface area contributed by atoms with Gasteiger partial charge < -0.3 is 5.32 Å². The summed E-state index contributed by atoms with van der Waals surface area (Å²) in [6, 6.07) is 13.1. The van der Waals surface area contributed by atoms with E-state index in [0.717, 1.165) is 11.4 Å². The lowest BCUT2D eigenvalue weighted by molar-refractivity contribution is 0.425. The fourth-order valence-electron chi connectivity index (χ4n) is 3.95. The zero-order chi connectivity index (χ0) is 15.3. The minimum absolute atomic E-state index is 0.279. The van der Waals surface area contributed by atoms with Gasteiger partial charge in [0.05, 0.1) is 6.04 Å². The van der Waals surface area contributed by atoms with Crippen LogP contribution in [0.15, 0.2) is 48.6 Å². The largest absolute Gasteiger partial charge is 0.377 e. The van der Waals surface area contributed by atoms with E-state index in [9.17, 15) is 0 Å². The van der Waals surface area contributed by atoms with Crippen molar-refractivity contribution in [1.82, 2.24) is 0 Å². The van der Waals surface area contributed by atoms with Crippen LogP contribution in [0.3, 0.4) is 0 Å². The van der Waals surface area contributed by atoms with Crippen LogP contribution in [0.1, 0.15) is 40.6 Å². The Kier molecular flexibility index (Phi) is 3.27. The molecule has 3 unspecified atom stereocenters. The second kappa shape index (κ2) is 5.17. The van der Waals surface area contributed by atoms with Crippen molar-refractivity contribution in [2.45, 2.75) is 32.2 Å². The van der Waals surface area contributed by atoms with Crippen LogP contribution in [-0.2, 0) is 0 Å². The molecule has 3 atom stereocenters. The molecule has 0 fully saturated rings. The molecule has 1 N–H and O–H groups in total. The molecule has 1 aliphatic carbocycles. The molecule has 0 amide bonds. The SMILES string of the molecule is Cc1ccc2c(c1C)NC(c1ccccc1Cl)C1CC=CC21. The third-order valence-corrected chi connectivity index (χ3v) is 5.65. The number of allylic oxidation sites excluding steroid dienone is 2. The van der Waals surface area contributed by atoms with E-state index in [-0.39, 0.29) is 6.04 Å². The highest BCUT2D eigenvalue weighted by Gasteiger charge is 2.39. The molecule has 2 aromatic carbocycles. The minimum atomic E-state index is 0.279. The molecule has 2 aliphatic rings. The number of hydrogen-bond donors (Lipinski definition) is 1. The molecule has 0 bridgehead atoms. The summed E-state index contributed by atoms with van der Waals surface area (Å²) in [6.07, 6.45) is 5.81. The molecule has 0 spiro atoms. The molecular weight excluding hydrogens is 290 g/mol. The number of benzene rings is 2. The molecule has 0 radical (unpaired) electrons. The lowest BCUT2D eigenvalue weighted by atomic mass is 9.76. The number of anilines is 1. The summed E-state index contributed by atoms with van der Waals surface area (Å²) in [6.45, 7) is 4.39. The number of fused-ring (bicyclic) bond motifs is 3. The summed E-state index contributed by atoms with van der Waals surface area (Å²) < 4.78 is 0. The van der Waals surface area contributed by atoms with Crippen molar-refractivity contribution in [1.29, 1.82) is 0 Å². The van der Waals surface area contributed by atoms with Gasteiger partial charge in [-0.25, -0.2) is 0 Å². The second-order valence-electron chi connectivity index (χ2n) is 6.47. The van der Waals surface area contributed by atoms with Crippen LogP contribution in [0.4, 0.5) is 5.69 Å². The number of halogens is 1. The molecule has 1 aliphatic heterocycles. The van der Waals surface area contributed by atoms with E-state index in [4.69, 9.17) is 11.6 Å². The van der Waals surface area contributed by atoms with E-state index in [2.05, 4.69) is 55.6 Å². The summed E-state index contributed by atoms with van der Waals surface area (Å²) >= 11 is 6.49. The summed E-state index contributed by atoms with van der Waals surface area (Å²) in [5, 5.41) is 4.67. The Hall–Kier alpha value is -1.73. The third-order valence-electron chi connectivity index (χ3n) is 5.31. The minimum Gasteiger partial charge on any atom is -0.377 e. The maximum Gasteiger partial charge on any atom is 0.0568 e. The van der Waals surface area contributed by atoms with Crippen molar-refractivity contribution >= 4 is 17.3 Å². The van der Waals surface area contributed by atoms with Crippen LogP contribution < -0.4 is 5.32 Å². The van der Waals surface area contributed by atoms with Crippen molar-refractivity contribution in [3.63, 3.8) is 0 Å². The van der Waals surface area contributed by atoms with Crippen molar-refractivity contribution in [3.05, 3.63) is 75.8 Å². The Bertz CT molecular complexity index is 762. The van der Waals surface area contributed by atoms with Gasteiger partial charge in [0.15, 0.2) is 0 Å². The van der Waals surface area contributed by atoms with Crippen molar-refractivity contribution in [2.24, 2.45) is 5.92 Å². The van der Waals surface area contributed by atoms with Gasteiger partial charge in [-0.1, -0.05) is 54.1 Å². The quantitative estimate of drug-likeness (QED) is 0.658. The van der Waals surface area contributed by atoms with Crippen LogP contribution in [0.5, 0.6) is 0 Å². The van der Waals surface area contributed by atoms with Gasteiger partial charge in [-0.3, -0.25) is 0 Å². The van der Waals surface area contributed by atoms with Crippen molar-refractivity contribution in [3.8, 4) is 0 Å². The summed E-state index contributed by atoms with van der Waals surface area (Å²) in [5.74, 6) is 1.05. The fourth-order valence-corrected chi connectivity index (χ4v) is 4.21. The lowest BCUT2D eigenvalue weighted by Crippen LogP contribution is -2.30. The first-order valence-corrected chi connectivity index (χ1v) is 8.32. The number of aryl methyl sites for hydroxylation is 1.